The van der Waals surface area contributed by atoms with Crippen molar-refractivity contribution in [2.45, 2.75) is 26.2 Å². The van der Waals surface area contributed by atoms with Crippen LogP contribution in [0.25, 0.3) is 10.8 Å². The molecule has 3 rings (SSSR count). The van der Waals surface area contributed by atoms with Gasteiger partial charge in [-0.3, -0.25) is 0 Å². The topological polar surface area (TPSA) is 29.0 Å². The molecule has 2 heterocycles. The van der Waals surface area contributed by atoms with E-state index in [9.17, 15) is 0 Å². The number of anilines is 1. The summed E-state index contributed by atoms with van der Waals surface area (Å²) in [5.41, 5.74) is 0.999. The zero-order valence-corrected chi connectivity index (χ0v) is 12.6. The first-order chi connectivity index (χ1) is 9.79. The molecule has 1 aromatic carbocycles. The van der Waals surface area contributed by atoms with E-state index in [1.807, 2.05) is 6.92 Å². The van der Waals surface area contributed by atoms with Crippen LogP contribution in [0.3, 0.4) is 0 Å². The fourth-order valence-electron chi connectivity index (χ4n) is 3.10. The molecule has 1 aromatic heterocycles. The first kappa shape index (κ1) is 13.6. The van der Waals surface area contributed by atoms with E-state index in [1.165, 1.54) is 23.6 Å². The van der Waals surface area contributed by atoms with Crippen molar-refractivity contribution in [1.29, 1.82) is 0 Å². The van der Waals surface area contributed by atoms with Crippen molar-refractivity contribution in [3.05, 3.63) is 30.0 Å². The number of halogens is 1. The molecule has 0 aliphatic carbocycles. The Morgan fingerprint density at radius 3 is 2.85 bits per heavy atom. The zero-order chi connectivity index (χ0) is 13.9. The molecule has 3 nitrogen and oxygen atoms in total. The van der Waals surface area contributed by atoms with Gasteiger partial charge in [0.1, 0.15) is 0 Å². The SMILES string of the molecule is Cc1nnc(N2CCCC(CCCl)C2)c2ccccc12. The van der Waals surface area contributed by atoms with Crippen molar-refractivity contribution in [1.82, 2.24) is 10.2 Å². The van der Waals surface area contributed by atoms with Gasteiger partial charge in [0.25, 0.3) is 0 Å². The van der Waals surface area contributed by atoms with Crippen molar-refractivity contribution in [2.75, 3.05) is 23.9 Å². The standard InChI is InChI=1S/C16H20ClN3/c1-12-14-6-2-3-7-15(14)16(19-18-12)20-10-4-5-13(11-20)8-9-17/h2-3,6-7,13H,4-5,8-11H2,1H3. The molecule has 1 aliphatic heterocycles. The second-order valence-corrected chi connectivity index (χ2v) is 5.96. The average Bonchev–Trinajstić information content (AvgIpc) is 2.49. The van der Waals surface area contributed by atoms with E-state index in [4.69, 9.17) is 11.6 Å². The quantitative estimate of drug-likeness (QED) is 0.805. The largest absolute Gasteiger partial charge is 0.354 e. The number of benzene rings is 1. The summed E-state index contributed by atoms with van der Waals surface area (Å²) in [6.45, 7) is 4.14. The summed E-state index contributed by atoms with van der Waals surface area (Å²) in [4.78, 5) is 2.38. The molecule has 2 aromatic rings. The van der Waals surface area contributed by atoms with Gasteiger partial charge >= 0.3 is 0 Å². The van der Waals surface area contributed by atoms with Gasteiger partial charge in [0.15, 0.2) is 5.82 Å². The Labute approximate surface area is 124 Å². The Kier molecular flexibility index (Phi) is 4.06. The second kappa shape index (κ2) is 5.96. The molecule has 1 unspecified atom stereocenters. The van der Waals surface area contributed by atoms with Crippen LogP contribution in [0.1, 0.15) is 25.0 Å². The first-order valence-electron chi connectivity index (χ1n) is 7.32. The third kappa shape index (κ3) is 2.59. The summed E-state index contributed by atoms with van der Waals surface area (Å²) < 4.78 is 0. The summed E-state index contributed by atoms with van der Waals surface area (Å²) in [5, 5.41) is 11.2. The number of hydrogen-bond donors (Lipinski definition) is 0. The number of aromatic nitrogens is 2. The molecule has 0 amide bonds. The van der Waals surface area contributed by atoms with Crippen LogP contribution in [-0.4, -0.2) is 29.2 Å². The van der Waals surface area contributed by atoms with Crippen LogP contribution in [0.5, 0.6) is 0 Å². The van der Waals surface area contributed by atoms with Crippen LogP contribution < -0.4 is 4.90 Å². The molecule has 4 heteroatoms. The summed E-state index contributed by atoms with van der Waals surface area (Å²) in [7, 11) is 0. The average molecular weight is 290 g/mol. The van der Waals surface area contributed by atoms with Crippen LogP contribution in [0.2, 0.25) is 0 Å². The molecule has 20 heavy (non-hydrogen) atoms. The molecule has 106 valence electrons. The van der Waals surface area contributed by atoms with Crippen LogP contribution in [0.4, 0.5) is 5.82 Å². The Morgan fingerprint density at radius 2 is 2.05 bits per heavy atom. The number of hydrogen-bond acceptors (Lipinski definition) is 3. The predicted molar refractivity (Wildman–Crippen MR) is 84.5 cm³/mol. The highest BCUT2D eigenvalue weighted by Gasteiger charge is 2.22. The fraction of sp³-hybridized carbons (Fsp3) is 0.500. The molecule has 0 N–H and O–H groups in total. The van der Waals surface area contributed by atoms with Gasteiger partial charge in [0.2, 0.25) is 0 Å². The maximum atomic E-state index is 5.90. The Bertz CT molecular complexity index is 597. The minimum atomic E-state index is 0.683. The van der Waals surface area contributed by atoms with Gasteiger partial charge in [-0.05, 0) is 32.1 Å². The second-order valence-electron chi connectivity index (χ2n) is 5.59. The minimum Gasteiger partial charge on any atom is -0.354 e. The van der Waals surface area contributed by atoms with E-state index in [1.54, 1.807) is 0 Å². The summed E-state index contributed by atoms with van der Waals surface area (Å²) in [6.07, 6.45) is 3.58. The lowest BCUT2D eigenvalue weighted by atomic mass is 9.95. The van der Waals surface area contributed by atoms with E-state index in [2.05, 4.69) is 39.4 Å². The highest BCUT2D eigenvalue weighted by atomic mass is 35.5. The zero-order valence-electron chi connectivity index (χ0n) is 11.8. The van der Waals surface area contributed by atoms with E-state index >= 15 is 0 Å². The Morgan fingerprint density at radius 1 is 1.25 bits per heavy atom. The molecular formula is C16H20ClN3. The number of aryl methyl sites for hydroxylation is 1. The molecule has 1 fully saturated rings. The van der Waals surface area contributed by atoms with E-state index in [0.717, 1.165) is 36.9 Å². The van der Waals surface area contributed by atoms with Crippen molar-refractivity contribution in [3.63, 3.8) is 0 Å². The lowest BCUT2D eigenvalue weighted by Crippen LogP contribution is -2.36. The molecule has 0 spiro atoms. The monoisotopic (exact) mass is 289 g/mol. The molecule has 1 atom stereocenters. The van der Waals surface area contributed by atoms with E-state index < -0.39 is 0 Å². The predicted octanol–water partition coefficient (Wildman–Crippen LogP) is 3.78. The normalized spacial score (nSPS) is 19.5. The van der Waals surface area contributed by atoms with Gasteiger partial charge in [0.05, 0.1) is 5.69 Å². The van der Waals surface area contributed by atoms with Crippen molar-refractivity contribution >= 4 is 28.2 Å². The van der Waals surface area contributed by atoms with Crippen LogP contribution in [0, 0.1) is 12.8 Å². The first-order valence-corrected chi connectivity index (χ1v) is 7.86. The molecule has 0 radical (unpaired) electrons. The lowest BCUT2D eigenvalue weighted by molar-refractivity contribution is 0.404. The highest BCUT2D eigenvalue weighted by Crippen LogP contribution is 2.29. The Hall–Kier alpha value is -1.35. The van der Waals surface area contributed by atoms with Gasteiger partial charge in [-0.2, -0.15) is 5.10 Å². The van der Waals surface area contributed by atoms with Crippen LogP contribution in [-0.2, 0) is 0 Å². The van der Waals surface area contributed by atoms with Crippen molar-refractivity contribution in [2.24, 2.45) is 5.92 Å². The van der Waals surface area contributed by atoms with Crippen molar-refractivity contribution in [3.8, 4) is 0 Å². The van der Waals surface area contributed by atoms with Gasteiger partial charge in [-0.25, -0.2) is 0 Å². The van der Waals surface area contributed by atoms with Gasteiger partial charge in [-0.15, -0.1) is 16.7 Å². The number of alkyl halides is 1. The fourth-order valence-corrected chi connectivity index (χ4v) is 3.41. The Balaban J connectivity index is 1.95. The third-order valence-corrected chi connectivity index (χ3v) is 4.41. The number of rotatable bonds is 3. The summed E-state index contributed by atoms with van der Waals surface area (Å²) in [5.74, 6) is 2.47. The molecular weight excluding hydrogens is 270 g/mol. The molecule has 1 aliphatic rings. The van der Waals surface area contributed by atoms with E-state index in [0.29, 0.717) is 5.92 Å². The summed E-state index contributed by atoms with van der Waals surface area (Å²) >= 11 is 5.90. The van der Waals surface area contributed by atoms with Crippen LogP contribution in [0.15, 0.2) is 24.3 Å². The smallest absolute Gasteiger partial charge is 0.159 e. The third-order valence-electron chi connectivity index (χ3n) is 4.19. The number of nitrogens with zero attached hydrogens (tertiary/aromatic N) is 3. The number of piperidine rings is 1. The number of fused-ring (bicyclic) bond motifs is 1. The van der Waals surface area contributed by atoms with Gasteiger partial charge < -0.3 is 4.90 Å². The molecule has 0 saturated carbocycles. The van der Waals surface area contributed by atoms with E-state index in [-0.39, 0.29) is 0 Å². The van der Waals surface area contributed by atoms with Gasteiger partial charge in [-0.1, -0.05) is 24.3 Å². The summed E-state index contributed by atoms with van der Waals surface area (Å²) in [6, 6.07) is 8.42. The maximum absolute atomic E-state index is 5.90. The maximum Gasteiger partial charge on any atom is 0.159 e. The lowest BCUT2D eigenvalue weighted by Gasteiger charge is -2.33. The minimum absolute atomic E-state index is 0.683. The molecule has 1 saturated heterocycles. The van der Waals surface area contributed by atoms with Crippen LogP contribution >= 0.6 is 11.6 Å². The van der Waals surface area contributed by atoms with Gasteiger partial charge in [0, 0.05) is 29.7 Å². The van der Waals surface area contributed by atoms with Crippen molar-refractivity contribution < 1.29 is 0 Å². The highest BCUT2D eigenvalue weighted by molar-refractivity contribution is 6.17. The molecule has 0 bridgehead atoms.